The summed E-state index contributed by atoms with van der Waals surface area (Å²) in [6.45, 7) is 1.96. The minimum Gasteiger partial charge on any atom is -0.351 e. The van der Waals surface area contributed by atoms with Gasteiger partial charge < -0.3 is 10.6 Å². The van der Waals surface area contributed by atoms with E-state index in [-0.39, 0.29) is 5.91 Å². The van der Waals surface area contributed by atoms with Crippen molar-refractivity contribution in [3.8, 4) is 0 Å². The van der Waals surface area contributed by atoms with E-state index in [1.54, 1.807) is 12.4 Å². The molecule has 120 valence electrons. The van der Waals surface area contributed by atoms with Gasteiger partial charge in [0.05, 0.1) is 5.56 Å². The van der Waals surface area contributed by atoms with E-state index >= 15 is 0 Å². The van der Waals surface area contributed by atoms with Gasteiger partial charge in [0, 0.05) is 24.1 Å². The summed E-state index contributed by atoms with van der Waals surface area (Å²) >= 11 is 0. The molecule has 1 fully saturated rings. The van der Waals surface area contributed by atoms with E-state index in [2.05, 4.69) is 20.6 Å². The van der Waals surface area contributed by atoms with Crippen molar-refractivity contribution in [2.45, 2.75) is 45.1 Å². The normalized spacial score (nSPS) is 15.2. The molecule has 1 aliphatic rings. The van der Waals surface area contributed by atoms with E-state index in [9.17, 15) is 4.79 Å². The van der Waals surface area contributed by atoms with Gasteiger partial charge in [0.2, 0.25) is 5.95 Å². The Kier molecular flexibility index (Phi) is 4.86. The third kappa shape index (κ3) is 4.06. The van der Waals surface area contributed by atoms with E-state index in [1.165, 1.54) is 32.1 Å². The van der Waals surface area contributed by atoms with Gasteiger partial charge in [0.1, 0.15) is 0 Å². The van der Waals surface area contributed by atoms with E-state index in [1.807, 2.05) is 31.2 Å². The van der Waals surface area contributed by atoms with Gasteiger partial charge in [-0.3, -0.25) is 4.79 Å². The molecule has 2 N–H and O–H groups in total. The van der Waals surface area contributed by atoms with Gasteiger partial charge in [-0.05, 0) is 31.4 Å². The molecule has 1 aromatic carbocycles. The van der Waals surface area contributed by atoms with Crippen molar-refractivity contribution in [1.29, 1.82) is 0 Å². The number of aryl methyl sites for hydroxylation is 1. The van der Waals surface area contributed by atoms with Crippen LogP contribution in [-0.4, -0.2) is 21.9 Å². The average Bonchev–Trinajstić information content (AvgIpc) is 2.58. The summed E-state index contributed by atoms with van der Waals surface area (Å²) in [5.41, 5.74) is 2.29. The van der Waals surface area contributed by atoms with Crippen LogP contribution in [0.1, 0.15) is 48.0 Å². The molecule has 0 radical (unpaired) electrons. The number of carbonyl (C=O) groups is 1. The largest absolute Gasteiger partial charge is 0.351 e. The fourth-order valence-electron chi connectivity index (χ4n) is 2.86. The Morgan fingerprint density at radius 2 is 1.78 bits per heavy atom. The van der Waals surface area contributed by atoms with Crippen LogP contribution in [0, 0.1) is 6.92 Å². The van der Waals surface area contributed by atoms with Crippen LogP contribution in [0.3, 0.4) is 0 Å². The number of benzene rings is 1. The number of rotatable bonds is 4. The van der Waals surface area contributed by atoms with Crippen LogP contribution >= 0.6 is 0 Å². The lowest BCUT2D eigenvalue weighted by Gasteiger charge is -2.22. The molecule has 1 aliphatic carbocycles. The minimum absolute atomic E-state index is 0.191. The first-order valence-corrected chi connectivity index (χ1v) is 8.18. The van der Waals surface area contributed by atoms with Crippen molar-refractivity contribution in [2.75, 3.05) is 10.6 Å². The van der Waals surface area contributed by atoms with Gasteiger partial charge in [-0.25, -0.2) is 9.97 Å². The Balaban J connectivity index is 1.62. The Labute approximate surface area is 136 Å². The minimum atomic E-state index is -0.191. The Morgan fingerprint density at radius 3 is 2.48 bits per heavy atom. The second-order valence-electron chi connectivity index (χ2n) is 6.04. The first-order valence-electron chi connectivity index (χ1n) is 8.18. The molecule has 1 heterocycles. The highest BCUT2D eigenvalue weighted by Gasteiger charge is 2.14. The smallest absolute Gasteiger partial charge is 0.258 e. The molecular formula is C18H22N4O. The lowest BCUT2D eigenvalue weighted by atomic mass is 9.96. The number of carbonyl (C=O) groups excluding carboxylic acids is 1. The van der Waals surface area contributed by atoms with Crippen LogP contribution in [0.4, 0.5) is 11.6 Å². The number of anilines is 2. The lowest BCUT2D eigenvalue weighted by molar-refractivity contribution is 0.102. The average molecular weight is 310 g/mol. The molecule has 0 saturated heterocycles. The molecule has 5 heteroatoms. The predicted molar refractivity (Wildman–Crippen MR) is 91.7 cm³/mol. The SMILES string of the molecule is Cc1ccccc1NC(=O)c1cnc(NC2CCCCC2)nc1. The zero-order chi connectivity index (χ0) is 16.1. The first kappa shape index (κ1) is 15.5. The van der Waals surface area contributed by atoms with Gasteiger partial charge in [0.25, 0.3) is 5.91 Å². The quantitative estimate of drug-likeness (QED) is 0.902. The zero-order valence-electron chi connectivity index (χ0n) is 13.4. The molecule has 0 unspecified atom stereocenters. The number of amides is 1. The lowest BCUT2D eigenvalue weighted by Crippen LogP contribution is -2.23. The second kappa shape index (κ2) is 7.22. The van der Waals surface area contributed by atoms with Crippen molar-refractivity contribution >= 4 is 17.5 Å². The van der Waals surface area contributed by atoms with E-state index in [0.29, 0.717) is 17.6 Å². The number of hydrogen-bond donors (Lipinski definition) is 2. The third-order valence-corrected chi connectivity index (χ3v) is 4.25. The molecule has 1 amide bonds. The molecule has 0 aliphatic heterocycles. The second-order valence-corrected chi connectivity index (χ2v) is 6.04. The first-order chi connectivity index (χ1) is 11.2. The number of nitrogens with one attached hydrogen (secondary N) is 2. The van der Waals surface area contributed by atoms with Crippen LogP contribution < -0.4 is 10.6 Å². The predicted octanol–water partition coefficient (Wildman–Crippen LogP) is 3.78. The topological polar surface area (TPSA) is 66.9 Å². The summed E-state index contributed by atoms with van der Waals surface area (Å²) in [5, 5.41) is 6.24. The van der Waals surface area contributed by atoms with Gasteiger partial charge in [0.15, 0.2) is 0 Å². The van der Waals surface area contributed by atoms with Gasteiger partial charge >= 0.3 is 0 Å². The van der Waals surface area contributed by atoms with E-state index in [0.717, 1.165) is 11.3 Å². The van der Waals surface area contributed by atoms with Crippen LogP contribution in [0.25, 0.3) is 0 Å². The maximum absolute atomic E-state index is 12.3. The molecule has 5 nitrogen and oxygen atoms in total. The van der Waals surface area contributed by atoms with Gasteiger partial charge in [-0.15, -0.1) is 0 Å². The number of para-hydroxylation sites is 1. The molecule has 3 rings (SSSR count). The maximum atomic E-state index is 12.3. The highest BCUT2D eigenvalue weighted by atomic mass is 16.1. The Morgan fingerprint density at radius 1 is 1.09 bits per heavy atom. The summed E-state index contributed by atoms with van der Waals surface area (Å²) in [5.74, 6) is 0.410. The molecule has 0 atom stereocenters. The summed E-state index contributed by atoms with van der Waals surface area (Å²) in [6, 6.07) is 8.14. The summed E-state index contributed by atoms with van der Waals surface area (Å²) < 4.78 is 0. The standard InChI is InChI=1S/C18H22N4O/c1-13-7-5-6-10-16(13)22-17(23)14-11-19-18(20-12-14)21-15-8-3-2-4-9-15/h5-7,10-12,15H,2-4,8-9H2,1H3,(H,22,23)(H,19,20,21). The molecule has 23 heavy (non-hydrogen) atoms. The van der Waals surface area contributed by atoms with Crippen LogP contribution in [0.15, 0.2) is 36.7 Å². The monoisotopic (exact) mass is 310 g/mol. The third-order valence-electron chi connectivity index (χ3n) is 4.25. The number of aromatic nitrogens is 2. The summed E-state index contributed by atoms with van der Waals surface area (Å²) in [6.07, 6.45) is 9.31. The van der Waals surface area contributed by atoms with Crippen molar-refractivity contribution in [3.63, 3.8) is 0 Å². The fraction of sp³-hybridized carbons (Fsp3) is 0.389. The van der Waals surface area contributed by atoms with Crippen LogP contribution in [-0.2, 0) is 0 Å². The number of nitrogens with zero attached hydrogens (tertiary/aromatic N) is 2. The van der Waals surface area contributed by atoms with Crippen molar-refractivity contribution in [3.05, 3.63) is 47.8 Å². The van der Waals surface area contributed by atoms with Crippen molar-refractivity contribution in [2.24, 2.45) is 0 Å². The molecular weight excluding hydrogens is 288 g/mol. The molecule has 2 aromatic rings. The molecule has 0 spiro atoms. The summed E-state index contributed by atoms with van der Waals surface area (Å²) in [7, 11) is 0. The maximum Gasteiger partial charge on any atom is 0.258 e. The number of hydrogen-bond acceptors (Lipinski definition) is 4. The van der Waals surface area contributed by atoms with Gasteiger partial charge in [-0.2, -0.15) is 0 Å². The van der Waals surface area contributed by atoms with Gasteiger partial charge in [-0.1, -0.05) is 37.5 Å². The highest BCUT2D eigenvalue weighted by Crippen LogP contribution is 2.20. The Hall–Kier alpha value is -2.43. The van der Waals surface area contributed by atoms with Crippen LogP contribution in [0.2, 0.25) is 0 Å². The van der Waals surface area contributed by atoms with Crippen LogP contribution in [0.5, 0.6) is 0 Å². The molecule has 0 bridgehead atoms. The fourth-order valence-corrected chi connectivity index (χ4v) is 2.86. The Bertz CT molecular complexity index is 663. The summed E-state index contributed by atoms with van der Waals surface area (Å²) in [4.78, 5) is 20.8. The zero-order valence-corrected chi connectivity index (χ0v) is 13.4. The van der Waals surface area contributed by atoms with Crippen molar-refractivity contribution in [1.82, 2.24) is 9.97 Å². The van der Waals surface area contributed by atoms with E-state index in [4.69, 9.17) is 0 Å². The highest BCUT2D eigenvalue weighted by molar-refractivity contribution is 6.04. The molecule has 1 saturated carbocycles. The van der Waals surface area contributed by atoms with E-state index < -0.39 is 0 Å². The molecule has 1 aromatic heterocycles. The van der Waals surface area contributed by atoms with Crippen molar-refractivity contribution < 1.29 is 4.79 Å².